The Morgan fingerprint density at radius 3 is 2.35 bits per heavy atom. The van der Waals surface area contributed by atoms with E-state index in [4.69, 9.17) is 4.43 Å². The summed E-state index contributed by atoms with van der Waals surface area (Å²) in [7, 11) is -0.801. The molecule has 0 spiro atoms. The summed E-state index contributed by atoms with van der Waals surface area (Å²) in [5.74, 6) is -0.212. The summed E-state index contributed by atoms with van der Waals surface area (Å²) in [5, 5.41) is 0.220. The highest BCUT2D eigenvalue weighted by molar-refractivity contribution is 6.35. The Morgan fingerprint density at radius 1 is 1.24 bits per heavy atom. The van der Waals surface area contributed by atoms with Crippen LogP contribution in [0.25, 0.3) is 0 Å². The van der Waals surface area contributed by atoms with Crippen LogP contribution in [0.4, 0.5) is 0 Å². The van der Waals surface area contributed by atoms with Gasteiger partial charge in [0.1, 0.15) is 0 Å². The fraction of sp³-hybridized carbons (Fsp3) is 0.786. The van der Waals surface area contributed by atoms with E-state index in [1.54, 1.807) is 6.92 Å². The van der Waals surface area contributed by atoms with Gasteiger partial charge in [0, 0.05) is 5.57 Å². The van der Waals surface area contributed by atoms with Gasteiger partial charge in [0.15, 0.2) is 0 Å². The van der Waals surface area contributed by atoms with Gasteiger partial charge >= 0.3 is 5.97 Å². The minimum absolute atomic E-state index is 0.212. The fourth-order valence-corrected chi connectivity index (χ4v) is 2.83. The van der Waals surface area contributed by atoms with Gasteiger partial charge in [0.25, 0.3) is 0 Å². The molecule has 0 aromatic carbocycles. The van der Waals surface area contributed by atoms with Crippen molar-refractivity contribution in [3.05, 3.63) is 12.2 Å². The van der Waals surface area contributed by atoms with Gasteiger partial charge in [0.05, 0.1) is 0 Å². The first-order valence-corrected chi connectivity index (χ1v) is 8.00. The molecule has 0 heterocycles. The molecule has 0 atom stereocenters. The third kappa shape index (κ3) is 9.16. The van der Waals surface area contributed by atoms with Gasteiger partial charge in [-0.2, -0.15) is 0 Å². The van der Waals surface area contributed by atoms with Gasteiger partial charge < -0.3 is 4.43 Å². The predicted octanol–water partition coefficient (Wildman–Crippen LogP) is 3.75. The SMILES string of the molecule is C=C(C)C(=O)O[SiH2]C(C)(C)CCCCCCC. The molecule has 3 heteroatoms. The minimum Gasteiger partial charge on any atom is -0.521 e. The van der Waals surface area contributed by atoms with E-state index < -0.39 is 9.76 Å². The van der Waals surface area contributed by atoms with Gasteiger partial charge in [-0.05, 0) is 18.4 Å². The van der Waals surface area contributed by atoms with Crippen molar-refractivity contribution in [1.29, 1.82) is 0 Å². The summed E-state index contributed by atoms with van der Waals surface area (Å²) in [6, 6.07) is 0. The third-order valence-corrected chi connectivity index (χ3v) is 4.44. The van der Waals surface area contributed by atoms with Crippen LogP contribution >= 0.6 is 0 Å². The topological polar surface area (TPSA) is 26.3 Å². The first-order chi connectivity index (χ1) is 7.89. The molecule has 100 valence electrons. The highest BCUT2D eigenvalue weighted by Gasteiger charge is 2.21. The van der Waals surface area contributed by atoms with Crippen LogP contribution in [0.5, 0.6) is 0 Å². The van der Waals surface area contributed by atoms with E-state index in [-0.39, 0.29) is 11.0 Å². The van der Waals surface area contributed by atoms with Crippen molar-refractivity contribution >= 4 is 15.7 Å². The molecular weight excluding hydrogens is 228 g/mol. The Hall–Kier alpha value is -0.573. The monoisotopic (exact) mass is 256 g/mol. The van der Waals surface area contributed by atoms with Crippen molar-refractivity contribution in [3.63, 3.8) is 0 Å². The standard InChI is InChI=1S/C14H28O2Si/c1-6-7-8-9-10-11-14(4,5)17-16-13(15)12(2)3/h2,6-11,17H2,1,3-5H3. The Balaban J connectivity index is 3.72. The average molecular weight is 256 g/mol. The van der Waals surface area contributed by atoms with Gasteiger partial charge in [0.2, 0.25) is 9.76 Å². The van der Waals surface area contributed by atoms with Gasteiger partial charge in [-0.3, -0.25) is 0 Å². The molecule has 2 nitrogen and oxygen atoms in total. The van der Waals surface area contributed by atoms with Crippen LogP contribution in [-0.2, 0) is 9.22 Å². The molecule has 0 aromatic heterocycles. The zero-order valence-corrected chi connectivity index (χ0v) is 13.4. The zero-order chi connectivity index (χ0) is 13.3. The second-order valence-electron chi connectivity index (χ2n) is 5.68. The highest BCUT2D eigenvalue weighted by atomic mass is 28.2. The second-order valence-corrected chi connectivity index (χ2v) is 8.18. The first-order valence-electron chi connectivity index (χ1n) is 6.71. The molecule has 0 N–H and O–H groups in total. The van der Waals surface area contributed by atoms with E-state index >= 15 is 0 Å². The number of unbranched alkanes of at least 4 members (excludes halogenated alkanes) is 4. The molecule has 0 aliphatic carbocycles. The smallest absolute Gasteiger partial charge is 0.319 e. The van der Waals surface area contributed by atoms with E-state index in [0.717, 1.165) is 0 Å². The lowest BCUT2D eigenvalue weighted by molar-refractivity contribution is -0.130. The second kappa shape index (κ2) is 8.51. The number of carbonyl (C=O) groups excluding carboxylic acids is 1. The van der Waals surface area contributed by atoms with Crippen molar-refractivity contribution in [2.45, 2.75) is 71.3 Å². The lowest BCUT2D eigenvalue weighted by atomic mass is 10.0. The highest BCUT2D eigenvalue weighted by Crippen LogP contribution is 2.30. The van der Waals surface area contributed by atoms with E-state index in [0.29, 0.717) is 5.57 Å². The summed E-state index contributed by atoms with van der Waals surface area (Å²) >= 11 is 0. The van der Waals surface area contributed by atoms with Crippen molar-refractivity contribution in [2.24, 2.45) is 0 Å². The Kier molecular flexibility index (Phi) is 8.22. The maximum absolute atomic E-state index is 11.3. The first kappa shape index (κ1) is 16.4. The molecule has 17 heavy (non-hydrogen) atoms. The molecule has 0 rings (SSSR count). The summed E-state index contributed by atoms with van der Waals surface area (Å²) in [6.45, 7) is 12.0. The molecule has 0 unspecified atom stereocenters. The lowest BCUT2D eigenvalue weighted by Crippen LogP contribution is -2.20. The van der Waals surface area contributed by atoms with E-state index in [2.05, 4.69) is 27.4 Å². The van der Waals surface area contributed by atoms with Gasteiger partial charge in [-0.15, -0.1) is 0 Å². The number of rotatable bonds is 9. The molecular formula is C14H28O2Si. The summed E-state index contributed by atoms with van der Waals surface area (Å²) in [6.07, 6.45) is 7.69. The number of carbonyl (C=O) groups is 1. The van der Waals surface area contributed by atoms with Gasteiger partial charge in [-0.1, -0.05) is 59.5 Å². The van der Waals surface area contributed by atoms with E-state index in [1.807, 2.05) is 0 Å². The molecule has 0 saturated carbocycles. The Bertz CT molecular complexity index is 247. The molecule has 0 amide bonds. The largest absolute Gasteiger partial charge is 0.521 e. The quantitative estimate of drug-likeness (QED) is 0.357. The molecule has 0 bridgehead atoms. The average Bonchev–Trinajstić information content (AvgIpc) is 2.25. The summed E-state index contributed by atoms with van der Waals surface area (Å²) in [5.41, 5.74) is 0.510. The van der Waals surface area contributed by atoms with Crippen LogP contribution in [-0.4, -0.2) is 15.7 Å². The van der Waals surface area contributed by atoms with Crippen molar-refractivity contribution in [3.8, 4) is 0 Å². The number of hydrogen-bond acceptors (Lipinski definition) is 2. The molecule has 0 aromatic rings. The number of hydrogen-bond donors (Lipinski definition) is 0. The molecule has 0 fully saturated rings. The van der Waals surface area contributed by atoms with E-state index in [1.165, 1.54) is 38.5 Å². The Morgan fingerprint density at radius 2 is 1.82 bits per heavy atom. The van der Waals surface area contributed by atoms with Crippen LogP contribution in [0.1, 0.15) is 66.2 Å². The molecule has 0 saturated heterocycles. The minimum atomic E-state index is -0.801. The maximum Gasteiger partial charge on any atom is 0.319 e. The van der Waals surface area contributed by atoms with Crippen LogP contribution in [0.2, 0.25) is 5.04 Å². The van der Waals surface area contributed by atoms with Crippen LogP contribution in [0.3, 0.4) is 0 Å². The third-order valence-electron chi connectivity index (χ3n) is 2.90. The van der Waals surface area contributed by atoms with Crippen LogP contribution in [0, 0.1) is 0 Å². The normalized spacial score (nSPS) is 12.0. The van der Waals surface area contributed by atoms with Crippen LogP contribution < -0.4 is 0 Å². The van der Waals surface area contributed by atoms with Crippen molar-refractivity contribution in [2.75, 3.05) is 0 Å². The summed E-state index contributed by atoms with van der Waals surface area (Å²) in [4.78, 5) is 11.3. The van der Waals surface area contributed by atoms with E-state index in [9.17, 15) is 4.79 Å². The zero-order valence-electron chi connectivity index (χ0n) is 12.0. The lowest BCUT2D eigenvalue weighted by Gasteiger charge is -2.23. The van der Waals surface area contributed by atoms with Crippen molar-refractivity contribution in [1.82, 2.24) is 0 Å². The van der Waals surface area contributed by atoms with Crippen molar-refractivity contribution < 1.29 is 9.22 Å². The van der Waals surface area contributed by atoms with Gasteiger partial charge in [-0.25, -0.2) is 4.79 Å². The van der Waals surface area contributed by atoms with Crippen LogP contribution in [0.15, 0.2) is 12.2 Å². The summed E-state index contributed by atoms with van der Waals surface area (Å²) < 4.78 is 5.35. The maximum atomic E-state index is 11.3. The molecule has 0 radical (unpaired) electrons. The Labute approximate surface area is 109 Å². The fourth-order valence-electron chi connectivity index (χ4n) is 1.66. The predicted molar refractivity (Wildman–Crippen MR) is 76.9 cm³/mol. The molecule has 0 aliphatic rings. The molecule has 0 aliphatic heterocycles.